The molecule has 0 aliphatic heterocycles. The van der Waals surface area contributed by atoms with E-state index >= 15 is 0 Å². The average Bonchev–Trinajstić information content (AvgIpc) is 2.86. The number of carbonyl (C=O) groups is 1. The van der Waals surface area contributed by atoms with Crippen LogP contribution in [0.1, 0.15) is 24.9 Å². The first kappa shape index (κ1) is 14.6. The number of para-hydroxylation sites is 1. The lowest BCUT2D eigenvalue weighted by Gasteiger charge is -2.15. The van der Waals surface area contributed by atoms with Crippen LogP contribution >= 0.6 is 15.9 Å². The largest absolute Gasteiger partial charge is 0.479 e. The van der Waals surface area contributed by atoms with Crippen LogP contribution in [0, 0.1) is 0 Å². The number of nitrogens with one attached hydrogen (secondary N) is 1. The molecule has 1 aromatic heterocycles. The predicted octanol–water partition coefficient (Wildman–Crippen LogP) is 3.29. The molecule has 0 radical (unpaired) electrons. The molecule has 1 atom stereocenters. The van der Waals surface area contributed by atoms with Gasteiger partial charge in [-0.15, -0.1) is 0 Å². The second kappa shape index (κ2) is 6.56. The molecule has 20 heavy (non-hydrogen) atoms. The molecule has 0 saturated carbocycles. The number of aliphatic carboxylic acids is 1. The average molecular weight is 338 g/mol. The highest BCUT2D eigenvalue weighted by molar-refractivity contribution is 9.10. The van der Waals surface area contributed by atoms with Crippen molar-refractivity contribution in [3.05, 3.63) is 46.7 Å². The normalized spacial score (nSPS) is 12.1. The standard InChI is InChI=1S/C14H16BrN3O2/c1-2-7-18-9-10(8-16-18)13(14(19)20)17-12-6-4-3-5-11(12)15/h3-6,8-9,13,17H,2,7H2,1H3,(H,19,20). The van der Waals surface area contributed by atoms with E-state index in [1.807, 2.05) is 24.3 Å². The summed E-state index contributed by atoms with van der Waals surface area (Å²) in [5.74, 6) is -0.934. The first-order valence-electron chi connectivity index (χ1n) is 6.38. The van der Waals surface area contributed by atoms with Gasteiger partial charge in [0, 0.05) is 28.5 Å². The molecule has 106 valence electrons. The number of hydrogen-bond donors (Lipinski definition) is 2. The highest BCUT2D eigenvalue weighted by Crippen LogP contribution is 2.26. The highest BCUT2D eigenvalue weighted by Gasteiger charge is 2.22. The van der Waals surface area contributed by atoms with Crippen molar-refractivity contribution in [2.75, 3.05) is 5.32 Å². The number of aromatic nitrogens is 2. The molecule has 2 aromatic rings. The highest BCUT2D eigenvalue weighted by atomic mass is 79.9. The summed E-state index contributed by atoms with van der Waals surface area (Å²) in [6, 6.07) is 6.61. The third-order valence-electron chi connectivity index (χ3n) is 2.86. The van der Waals surface area contributed by atoms with E-state index in [1.165, 1.54) is 0 Å². The molecular weight excluding hydrogens is 322 g/mol. The molecule has 0 amide bonds. The van der Waals surface area contributed by atoms with Crippen molar-refractivity contribution in [1.29, 1.82) is 0 Å². The Morgan fingerprint density at radius 1 is 1.50 bits per heavy atom. The van der Waals surface area contributed by atoms with Gasteiger partial charge in [-0.1, -0.05) is 19.1 Å². The Labute approximate surface area is 125 Å². The summed E-state index contributed by atoms with van der Waals surface area (Å²) >= 11 is 3.40. The van der Waals surface area contributed by atoms with Gasteiger partial charge in [0.2, 0.25) is 0 Å². The van der Waals surface area contributed by atoms with Gasteiger partial charge in [0.05, 0.1) is 6.20 Å². The van der Waals surface area contributed by atoms with Crippen LogP contribution in [0.3, 0.4) is 0 Å². The van der Waals surface area contributed by atoms with Gasteiger partial charge < -0.3 is 10.4 Å². The molecule has 2 N–H and O–H groups in total. The number of benzene rings is 1. The maximum atomic E-state index is 11.5. The molecule has 1 aromatic carbocycles. The van der Waals surface area contributed by atoms with Gasteiger partial charge in [-0.3, -0.25) is 4.68 Å². The van der Waals surface area contributed by atoms with Crippen molar-refractivity contribution in [1.82, 2.24) is 9.78 Å². The maximum absolute atomic E-state index is 11.5. The van der Waals surface area contributed by atoms with Gasteiger partial charge >= 0.3 is 5.97 Å². The van der Waals surface area contributed by atoms with Crippen LogP contribution in [-0.2, 0) is 11.3 Å². The van der Waals surface area contributed by atoms with E-state index in [1.54, 1.807) is 17.1 Å². The Balaban J connectivity index is 2.23. The second-order valence-corrected chi connectivity index (χ2v) is 5.29. The van der Waals surface area contributed by atoms with Crippen LogP contribution in [-0.4, -0.2) is 20.9 Å². The third-order valence-corrected chi connectivity index (χ3v) is 3.55. The molecule has 1 unspecified atom stereocenters. The summed E-state index contributed by atoms with van der Waals surface area (Å²) in [5.41, 5.74) is 1.38. The van der Waals surface area contributed by atoms with Crippen LogP contribution in [0.2, 0.25) is 0 Å². The quantitative estimate of drug-likeness (QED) is 0.848. The molecule has 1 heterocycles. The van der Waals surface area contributed by atoms with Crippen molar-refractivity contribution in [2.24, 2.45) is 0 Å². The lowest BCUT2D eigenvalue weighted by Crippen LogP contribution is -2.20. The number of aryl methyl sites for hydroxylation is 1. The summed E-state index contributed by atoms with van der Waals surface area (Å²) in [4.78, 5) is 11.5. The summed E-state index contributed by atoms with van der Waals surface area (Å²) in [5, 5.41) is 16.6. The molecule has 0 spiro atoms. The zero-order valence-electron chi connectivity index (χ0n) is 11.1. The van der Waals surface area contributed by atoms with Gasteiger partial charge in [-0.05, 0) is 34.5 Å². The van der Waals surface area contributed by atoms with Crippen molar-refractivity contribution >= 4 is 27.6 Å². The number of nitrogens with zero attached hydrogens (tertiary/aromatic N) is 2. The maximum Gasteiger partial charge on any atom is 0.330 e. The minimum atomic E-state index is -0.934. The molecule has 0 fully saturated rings. The van der Waals surface area contributed by atoms with Crippen LogP contribution in [0.5, 0.6) is 0 Å². The second-order valence-electron chi connectivity index (χ2n) is 4.43. The van der Waals surface area contributed by atoms with Crippen molar-refractivity contribution in [3.63, 3.8) is 0 Å². The van der Waals surface area contributed by atoms with Gasteiger partial charge in [-0.2, -0.15) is 5.10 Å². The van der Waals surface area contributed by atoms with Gasteiger partial charge in [0.15, 0.2) is 6.04 Å². The number of carboxylic acids is 1. The van der Waals surface area contributed by atoms with Crippen LogP contribution < -0.4 is 5.32 Å². The summed E-state index contributed by atoms with van der Waals surface area (Å²) in [7, 11) is 0. The van der Waals surface area contributed by atoms with E-state index < -0.39 is 12.0 Å². The Hall–Kier alpha value is -1.82. The Morgan fingerprint density at radius 3 is 2.90 bits per heavy atom. The summed E-state index contributed by atoms with van der Waals surface area (Å²) < 4.78 is 2.58. The molecule has 0 saturated heterocycles. The Bertz CT molecular complexity index is 598. The zero-order valence-corrected chi connectivity index (χ0v) is 12.7. The topological polar surface area (TPSA) is 67.2 Å². The van der Waals surface area contributed by atoms with Gasteiger partial charge in [-0.25, -0.2) is 4.79 Å². The van der Waals surface area contributed by atoms with Crippen molar-refractivity contribution in [2.45, 2.75) is 25.9 Å². The smallest absolute Gasteiger partial charge is 0.330 e. The fourth-order valence-electron chi connectivity index (χ4n) is 1.90. The van der Waals surface area contributed by atoms with Crippen LogP contribution in [0.4, 0.5) is 5.69 Å². The molecular formula is C14H16BrN3O2. The zero-order chi connectivity index (χ0) is 14.5. The van der Waals surface area contributed by atoms with Crippen LogP contribution in [0.15, 0.2) is 41.1 Å². The van der Waals surface area contributed by atoms with Crippen LogP contribution in [0.25, 0.3) is 0 Å². The SMILES string of the molecule is CCCn1cc(C(Nc2ccccc2Br)C(=O)O)cn1. The summed E-state index contributed by atoms with van der Waals surface area (Å²) in [6.45, 7) is 2.83. The summed E-state index contributed by atoms with van der Waals surface area (Å²) in [6.07, 6.45) is 4.32. The minimum absolute atomic E-state index is 0.640. The van der Waals surface area contributed by atoms with E-state index in [0.29, 0.717) is 5.56 Å². The molecule has 0 bridgehead atoms. The monoisotopic (exact) mass is 337 g/mol. The Kier molecular flexibility index (Phi) is 4.79. The van der Waals surface area contributed by atoms with E-state index in [-0.39, 0.29) is 0 Å². The lowest BCUT2D eigenvalue weighted by molar-refractivity contribution is -0.138. The fourth-order valence-corrected chi connectivity index (χ4v) is 2.30. The predicted molar refractivity (Wildman–Crippen MR) is 80.7 cm³/mol. The first-order valence-corrected chi connectivity index (χ1v) is 7.17. The molecule has 5 nitrogen and oxygen atoms in total. The number of hydrogen-bond acceptors (Lipinski definition) is 3. The number of anilines is 1. The lowest BCUT2D eigenvalue weighted by atomic mass is 10.1. The Morgan fingerprint density at radius 2 is 2.25 bits per heavy atom. The molecule has 0 aliphatic carbocycles. The first-order chi connectivity index (χ1) is 9.61. The fraction of sp³-hybridized carbons (Fsp3) is 0.286. The van der Waals surface area contributed by atoms with E-state index in [2.05, 4.69) is 33.3 Å². The third kappa shape index (κ3) is 3.39. The number of halogens is 1. The minimum Gasteiger partial charge on any atom is -0.479 e. The van der Waals surface area contributed by atoms with E-state index in [9.17, 15) is 9.90 Å². The molecule has 2 rings (SSSR count). The number of carboxylic acid groups (broad SMARTS) is 1. The molecule has 0 aliphatic rings. The number of rotatable bonds is 6. The van der Waals surface area contributed by atoms with E-state index in [0.717, 1.165) is 23.1 Å². The van der Waals surface area contributed by atoms with Gasteiger partial charge in [0.25, 0.3) is 0 Å². The van der Waals surface area contributed by atoms with E-state index in [4.69, 9.17) is 0 Å². The van der Waals surface area contributed by atoms with Gasteiger partial charge in [0.1, 0.15) is 0 Å². The molecule has 6 heteroatoms. The van der Waals surface area contributed by atoms with Crippen molar-refractivity contribution < 1.29 is 9.90 Å². The van der Waals surface area contributed by atoms with Crippen molar-refractivity contribution in [3.8, 4) is 0 Å².